The number of benzene rings is 2. The number of nitrogens with zero attached hydrogens (tertiary/aromatic N) is 3. The molecule has 1 aliphatic rings. The van der Waals surface area contributed by atoms with Gasteiger partial charge in [-0.3, -0.25) is 9.52 Å². The van der Waals surface area contributed by atoms with Gasteiger partial charge in [0.05, 0.1) is 5.52 Å². The quantitative estimate of drug-likeness (QED) is 0.144. The van der Waals surface area contributed by atoms with E-state index in [2.05, 4.69) is 62.8 Å². The molecule has 0 saturated carbocycles. The largest absolute Gasteiger partial charge is 0.437 e. The van der Waals surface area contributed by atoms with Crippen molar-refractivity contribution in [1.29, 1.82) is 0 Å². The van der Waals surface area contributed by atoms with Gasteiger partial charge in [0.25, 0.3) is 0 Å². The van der Waals surface area contributed by atoms with Gasteiger partial charge in [0, 0.05) is 34.4 Å². The Bertz CT molecular complexity index is 1430. The van der Waals surface area contributed by atoms with Gasteiger partial charge >= 0.3 is 0 Å². The lowest BCUT2D eigenvalue weighted by Crippen LogP contribution is -2.43. The van der Waals surface area contributed by atoms with Crippen molar-refractivity contribution in [3.05, 3.63) is 72.6 Å². The highest BCUT2D eigenvalue weighted by atomic mass is 32.2. The van der Waals surface area contributed by atoms with Crippen molar-refractivity contribution < 1.29 is 9.53 Å². The molecule has 1 amide bonds. The first kappa shape index (κ1) is 27.1. The molecule has 0 radical (unpaired) electrons. The molecule has 5 rings (SSSR count). The molecule has 1 aliphatic heterocycles. The topological polar surface area (TPSA) is 91.4 Å². The number of fused-ring (bicyclic) bond motifs is 1. The Morgan fingerprint density at radius 1 is 1.13 bits per heavy atom. The van der Waals surface area contributed by atoms with Crippen LogP contribution in [0, 0.1) is 0 Å². The number of rotatable bonds is 10. The number of anilines is 3. The van der Waals surface area contributed by atoms with Crippen LogP contribution in [0.15, 0.2) is 77.5 Å². The number of aromatic nitrogens is 2. The van der Waals surface area contributed by atoms with E-state index in [4.69, 9.17) is 4.74 Å². The molecule has 8 nitrogen and oxygen atoms in total. The summed E-state index contributed by atoms with van der Waals surface area (Å²) in [5.41, 5.74) is 2.29. The van der Waals surface area contributed by atoms with E-state index in [1.807, 2.05) is 35.7 Å². The number of hydrogen-bond donors (Lipinski definition) is 3. The summed E-state index contributed by atoms with van der Waals surface area (Å²) in [4.78, 5) is 24.7. The first-order valence-electron chi connectivity index (χ1n) is 13.0. The summed E-state index contributed by atoms with van der Waals surface area (Å²) in [7, 11) is 0. The fraction of sp³-hybridized carbons (Fsp3) is 0.276. The molecular formula is C29H32N6O2S2. The molecule has 1 fully saturated rings. The molecular weight excluding hydrogens is 528 g/mol. The number of thiophene rings is 1. The zero-order valence-electron chi connectivity index (χ0n) is 22.0. The molecule has 0 aliphatic carbocycles. The first-order chi connectivity index (χ1) is 19.0. The van der Waals surface area contributed by atoms with E-state index in [1.165, 1.54) is 30.3 Å². The molecule has 3 N–H and O–H groups in total. The molecule has 10 heteroatoms. The summed E-state index contributed by atoms with van der Waals surface area (Å²) in [5.74, 6) is 1.17. The highest BCUT2D eigenvalue weighted by Crippen LogP contribution is 2.34. The molecule has 202 valence electrons. The van der Waals surface area contributed by atoms with Crippen LogP contribution in [0.5, 0.6) is 11.6 Å². The molecule has 3 heterocycles. The predicted octanol–water partition coefficient (Wildman–Crippen LogP) is 6.82. The van der Waals surface area contributed by atoms with Crippen LogP contribution in [-0.2, 0) is 4.79 Å². The van der Waals surface area contributed by atoms with Crippen LogP contribution >= 0.6 is 23.3 Å². The lowest BCUT2D eigenvalue weighted by atomic mass is 10.1. The van der Waals surface area contributed by atoms with E-state index in [-0.39, 0.29) is 5.91 Å². The Morgan fingerprint density at radius 2 is 1.92 bits per heavy atom. The van der Waals surface area contributed by atoms with E-state index in [0.717, 1.165) is 33.9 Å². The van der Waals surface area contributed by atoms with E-state index >= 15 is 0 Å². The monoisotopic (exact) mass is 560 g/mol. The Hall–Kier alpha value is -3.44. The van der Waals surface area contributed by atoms with Gasteiger partial charge in [0.2, 0.25) is 17.7 Å². The van der Waals surface area contributed by atoms with E-state index in [9.17, 15) is 4.79 Å². The minimum Gasteiger partial charge on any atom is -0.437 e. The van der Waals surface area contributed by atoms with Crippen molar-refractivity contribution in [2.24, 2.45) is 0 Å². The van der Waals surface area contributed by atoms with Crippen molar-refractivity contribution in [1.82, 2.24) is 19.6 Å². The van der Waals surface area contributed by atoms with Gasteiger partial charge in [-0.2, -0.15) is 4.98 Å². The maximum Gasteiger partial charge on any atom is 0.247 e. The number of piperidine rings is 1. The van der Waals surface area contributed by atoms with Crippen molar-refractivity contribution in [2.45, 2.75) is 43.7 Å². The molecule has 4 aromatic rings. The molecule has 2 aromatic carbocycles. The van der Waals surface area contributed by atoms with Crippen molar-refractivity contribution in [3.8, 4) is 11.6 Å². The van der Waals surface area contributed by atoms with Gasteiger partial charge in [0.15, 0.2) is 0 Å². The van der Waals surface area contributed by atoms with E-state index < -0.39 is 0 Å². The second kappa shape index (κ2) is 12.6. The molecule has 2 aromatic heterocycles. The number of amides is 1. The summed E-state index contributed by atoms with van der Waals surface area (Å²) in [6.07, 6.45) is 3.57. The number of carbonyl (C=O) groups is 1. The standard InChI is InChI=1S/C29H32N6O2S2/c1-4-26(36)30-22-6-5-7-23(18-22)37-28-27-25(14-17-38-27)32-29(33-28)31-20-8-10-24(11-9-20)39-34-21-12-15-35(16-13-21)19(2)3/h4-11,14,17-19,21,34H,1,12-13,15-16H2,2-3H3,(H,30,36)(H,31,32,33). The smallest absolute Gasteiger partial charge is 0.247 e. The van der Waals surface area contributed by atoms with E-state index in [1.54, 1.807) is 24.1 Å². The fourth-order valence-electron chi connectivity index (χ4n) is 4.32. The van der Waals surface area contributed by atoms with Crippen LogP contribution in [-0.4, -0.2) is 45.9 Å². The zero-order valence-corrected chi connectivity index (χ0v) is 23.6. The summed E-state index contributed by atoms with van der Waals surface area (Å²) >= 11 is 3.20. The molecule has 0 atom stereocenters. The molecule has 39 heavy (non-hydrogen) atoms. The number of ether oxygens (including phenoxy) is 1. The summed E-state index contributed by atoms with van der Waals surface area (Å²) in [6, 6.07) is 18.5. The maximum absolute atomic E-state index is 11.7. The Balaban J connectivity index is 1.23. The number of nitrogens with one attached hydrogen (secondary N) is 3. The number of likely N-dealkylation sites (tertiary alicyclic amines) is 1. The number of hydrogen-bond acceptors (Lipinski definition) is 9. The van der Waals surface area contributed by atoms with Crippen molar-refractivity contribution >= 4 is 56.7 Å². The van der Waals surface area contributed by atoms with Crippen molar-refractivity contribution in [3.63, 3.8) is 0 Å². The SMILES string of the molecule is C=CC(=O)Nc1cccc(Oc2nc(Nc3ccc(SNC4CCN(C(C)C)CC4)cc3)nc3ccsc23)c1. The molecule has 0 spiro atoms. The Morgan fingerprint density at radius 3 is 2.67 bits per heavy atom. The van der Waals surface area contributed by atoms with Crippen LogP contribution in [0.3, 0.4) is 0 Å². The van der Waals surface area contributed by atoms with Gasteiger partial charge < -0.3 is 20.3 Å². The average molecular weight is 561 g/mol. The van der Waals surface area contributed by atoms with Crippen LogP contribution in [0.2, 0.25) is 0 Å². The van der Waals surface area contributed by atoms with Crippen LogP contribution in [0.4, 0.5) is 17.3 Å². The van der Waals surface area contributed by atoms with Crippen LogP contribution < -0.4 is 20.1 Å². The minimum atomic E-state index is -0.284. The lowest BCUT2D eigenvalue weighted by molar-refractivity contribution is -0.111. The summed E-state index contributed by atoms with van der Waals surface area (Å²) in [6.45, 7) is 10.3. The second-order valence-electron chi connectivity index (χ2n) is 9.58. The maximum atomic E-state index is 11.7. The highest BCUT2D eigenvalue weighted by molar-refractivity contribution is 7.97. The third kappa shape index (κ3) is 7.15. The third-order valence-corrected chi connectivity index (χ3v) is 8.34. The predicted molar refractivity (Wildman–Crippen MR) is 161 cm³/mol. The van der Waals surface area contributed by atoms with Gasteiger partial charge in [-0.1, -0.05) is 12.6 Å². The van der Waals surface area contributed by atoms with Gasteiger partial charge in [-0.25, -0.2) is 4.98 Å². The molecule has 0 bridgehead atoms. The first-order valence-corrected chi connectivity index (χ1v) is 14.7. The molecule has 1 saturated heterocycles. The lowest BCUT2D eigenvalue weighted by Gasteiger charge is -2.34. The summed E-state index contributed by atoms with van der Waals surface area (Å²) in [5, 5.41) is 8.01. The highest BCUT2D eigenvalue weighted by Gasteiger charge is 2.20. The molecule has 0 unspecified atom stereocenters. The number of carbonyl (C=O) groups excluding carboxylic acids is 1. The van der Waals surface area contributed by atoms with E-state index in [0.29, 0.717) is 35.3 Å². The Labute approximate surface area is 237 Å². The normalized spacial score (nSPS) is 14.4. The second-order valence-corrected chi connectivity index (χ2v) is 11.4. The van der Waals surface area contributed by atoms with Crippen LogP contribution in [0.25, 0.3) is 10.2 Å². The van der Waals surface area contributed by atoms with Gasteiger partial charge in [-0.05, 0) is 106 Å². The third-order valence-electron chi connectivity index (χ3n) is 6.49. The Kier molecular flexibility index (Phi) is 8.77. The zero-order chi connectivity index (χ0) is 27.2. The minimum absolute atomic E-state index is 0.284. The fourth-order valence-corrected chi connectivity index (χ4v) is 5.89. The van der Waals surface area contributed by atoms with Gasteiger partial charge in [-0.15, -0.1) is 11.3 Å². The van der Waals surface area contributed by atoms with Gasteiger partial charge in [0.1, 0.15) is 10.4 Å². The van der Waals surface area contributed by atoms with Crippen molar-refractivity contribution in [2.75, 3.05) is 23.7 Å². The average Bonchev–Trinajstić information content (AvgIpc) is 3.42. The summed E-state index contributed by atoms with van der Waals surface area (Å²) < 4.78 is 10.6. The van der Waals surface area contributed by atoms with Crippen LogP contribution in [0.1, 0.15) is 26.7 Å².